The molecule has 1 aliphatic rings. The van der Waals surface area contributed by atoms with Crippen LogP contribution in [0.3, 0.4) is 0 Å². The Hall–Kier alpha value is -2.21. The SMILES string of the molecule is CCCCOc1ccc(CN2CCN(c3cccc(C(F)(F)F)c3)CC2)cc1. The number of piperazine rings is 1. The summed E-state index contributed by atoms with van der Waals surface area (Å²) in [4.78, 5) is 4.35. The summed E-state index contributed by atoms with van der Waals surface area (Å²) >= 11 is 0. The third-order valence-corrected chi connectivity index (χ3v) is 5.01. The van der Waals surface area contributed by atoms with Crippen LogP contribution >= 0.6 is 0 Å². The molecule has 0 amide bonds. The molecule has 1 fully saturated rings. The van der Waals surface area contributed by atoms with E-state index in [1.165, 1.54) is 17.7 Å². The largest absolute Gasteiger partial charge is 0.494 e. The van der Waals surface area contributed by atoms with Gasteiger partial charge in [0.25, 0.3) is 0 Å². The Morgan fingerprint density at radius 3 is 2.32 bits per heavy atom. The van der Waals surface area contributed by atoms with Gasteiger partial charge in [-0.05, 0) is 42.3 Å². The third kappa shape index (κ3) is 5.64. The van der Waals surface area contributed by atoms with Crippen LogP contribution < -0.4 is 9.64 Å². The van der Waals surface area contributed by atoms with Crippen molar-refractivity contribution in [3.8, 4) is 5.75 Å². The average Bonchev–Trinajstić information content (AvgIpc) is 2.70. The van der Waals surface area contributed by atoms with Gasteiger partial charge in [-0.3, -0.25) is 4.90 Å². The predicted molar refractivity (Wildman–Crippen MR) is 106 cm³/mol. The maximum absolute atomic E-state index is 12.9. The highest BCUT2D eigenvalue weighted by Crippen LogP contribution is 2.32. The van der Waals surface area contributed by atoms with Gasteiger partial charge in [0.05, 0.1) is 12.2 Å². The monoisotopic (exact) mass is 392 g/mol. The molecule has 0 unspecified atom stereocenters. The van der Waals surface area contributed by atoms with Crippen molar-refractivity contribution in [3.05, 3.63) is 59.7 Å². The number of hydrogen-bond donors (Lipinski definition) is 0. The zero-order valence-electron chi connectivity index (χ0n) is 16.2. The minimum absolute atomic E-state index is 0.589. The standard InChI is InChI=1S/C22H27F3N2O/c1-2-3-15-28-21-9-7-18(8-10-21)17-26-11-13-27(14-12-26)20-6-4-5-19(16-20)22(23,24)25/h4-10,16H,2-3,11-15,17H2,1H3. The number of anilines is 1. The fraction of sp³-hybridized carbons (Fsp3) is 0.455. The molecule has 0 aliphatic carbocycles. The molecule has 1 heterocycles. The summed E-state index contributed by atoms with van der Waals surface area (Å²) in [6.07, 6.45) is -2.13. The number of unbranched alkanes of at least 4 members (excludes halogenated alkanes) is 1. The van der Waals surface area contributed by atoms with Gasteiger partial charge in [0.1, 0.15) is 5.75 Å². The molecule has 0 N–H and O–H groups in total. The van der Waals surface area contributed by atoms with Crippen LogP contribution in [0.2, 0.25) is 0 Å². The Morgan fingerprint density at radius 1 is 0.964 bits per heavy atom. The number of halogens is 3. The van der Waals surface area contributed by atoms with Crippen molar-refractivity contribution in [2.45, 2.75) is 32.5 Å². The summed E-state index contributed by atoms with van der Waals surface area (Å²) in [7, 11) is 0. The summed E-state index contributed by atoms with van der Waals surface area (Å²) in [5.41, 5.74) is 1.27. The molecule has 2 aromatic carbocycles. The van der Waals surface area contributed by atoms with E-state index in [0.29, 0.717) is 5.69 Å². The van der Waals surface area contributed by atoms with Crippen LogP contribution in [-0.4, -0.2) is 37.7 Å². The normalized spacial score (nSPS) is 15.6. The van der Waals surface area contributed by atoms with Crippen LogP contribution in [-0.2, 0) is 12.7 Å². The Kier molecular flexibility index (Phi) is 6.83. The maximum atomic E-state index is 12.9. The lowest BCUT2D eigenvalue weighted by Crippen LogP contribution is -2.46. The Labute approximate surface area is 164 Å². The van der Waals surface area contributed by atoms with E-state index >= 15 is 0 Å². The number of hydrogen-bond acceptors (Lipinski definition) is 3. The van der Waals surface area contributed by atoms with E-state index in [-0.39, 0.29) is 0 Å². The summed E-state index contributed by atoms with van der Waals surface area (Å²) in [5, 5.41) is 0. The van der Waals surface area contributed by atoms with Gasteiger partial charge in [0.2, 0.25) is 0 Å². The van der Waals surface area contributed by atoms with E-state index < -0.39 is 11.7 Å². The molecule has 0 atom stereocenters. The maximum Gasteiger partial charge on any atom is 0.416 e. The lowest BCUT2D eigenvalue weighted by Gasteiger charge is -2.36. The number of rotatable bonds is 7. The third-order valence-electron chi connectivity index (χ3n) is 5.01. The van der Waals surface area contributed by atoms with Crippen LogP contribution in [0.1, 0.15) is 30.9 Å². The van der Waals surface area contributed by atoms with Crippen LogP contribution in [0.15, 0.2) is 48.5 Å². The summed E-state index contributed by atoms with van der Waals surface area (Å²) in [6, 6.07) is 13.8. The van der Waals surface area contributed by atoms with Crippen LogP contribution in [0.25, 0.3) is 0 Å². The van der Waals surface area contributed by atoms with E-state index in [0.717, 1.165) is 64.0 Å². The van der Waals surface area contributed by atoms with Gasteiger partial charge in [-0.15, -0.1) is 0 Å². The zero-order valence-corrected chi connectivity index (χ0v) is 16.2. The average molecular weight is 392 g/mol. The van der Waals surface area contributed by atoms with E-state index in [4.69, 9.17) is 4.74 Å². The van der Waals surface area contributed by atoms with E-state index in [1.807, 2.05) is 17.0 Å². The molecule has 0 aromatic heterocycles. The van der Waals surface area contributed by atoms with Gasteiger partial charge in [-0.25, -0.2) is 0 Å². The molecule has 2 aromatic rings. The molecule has 0 saturated carbocycles. The molecule has 6 heteroatoms. The summed E-state index contributed by atoms with van der Waals surface area (Å²) in [5.74, 6) is 0.895. The fourth-order valence-electron chi connectivity index (χ4n) is 3.33. The van der Waals surface area contributed by atoms with Gasteiger partial charge in [-0.2, -0.15) is 13.2 Å². The molecule has 1 saturated heterocycles. The molecule has 0 radical (unpaired) electrons. The zero-order chi connectivity index (χ0) is 20.0. The van der Waals surface area contributed by atoms with Gasteiger partial charge in [-0.1, -0.05) is 31.5 Å². The van der Waals surface area contributed by atoms with E-state index in [9.17, 15) is 13.2 Å². The molecule has 3 rings (SSSR count). The van der Waals surface area contributed by atoms with Crippen molar-refractivity contribution in [1.29, 1.82) is 0 Å². The first-order chi connectivity index (χ1) is 13.5. The number of ether oxygens (including phenoxy) is 1. The lowest BCUT2D eigenvalue weighted by atomic mass is 10.1. The van der Waals surface area contributed by atoms with Crippen LogP contribution in [0.4, 0.5) is 18.9 Å². The first-order valence-electron chi connectivity index (χ1n) is 9.82. The van der Waals surface area contributed by atoms with Crippen molar-refractivity contribution in [2.24, 2.45) is 0 Å². The summed E-state index contributed by atoms with van der Waals surface area (Å²) in [6.45, 7) is 6.81. The van der Waals surface area contributed by atoms with Gasteiger partial charge in [0.15, 0.2) is 0 Å². The molecule has 0 spiro atoms. The molecule has 28 heavy (non-hydrogen) atoms. The molecular weight excluding hydrogens is 365 g/mol. The molecular formula is C22H27F3N2O. The van der Waals surface area contributed by atoms with E-state index in [2.05, 4.69) is 24.0 Å². The van der Waals surface area contributed by atoms with Gasteiger partial charge >= 0.3 is 6.18 Å². The molecule has 1 aliphatic heterocycles. The highest BCUT2D eigenvalue weighted by atomic mass is 19.4. The molecule has 152 valence electrons. The number of nitrogens with zero attached hydrogens (tertiary/aromatic N) is 2. The van der Waals surface area contributed by atoms with Crippen molar-refractivity contribution < 1.29 is 17.9 Å². The van der Waals surface area contributed by atoms with E-state index in [1.54, 1.807) is 6.07 Å². The highest BCUT2D eigenvalue weighted by Gasteiger charge is 2.31. The van der Waals surface area contributed by atoms with Crippen molar-refractivity contribution in [2.75, 3.05) is 37.7 Å². The van der Waals surface area contributed by atoms with Gasteiger partial charge < -0.3 is 9.64 Å². The quantitative estimate of drug-likeness (QED) is 0.602. The number of alkyl halides is 3. The number of benzene rings is 2. The van der Waals surface area contributed by atoms with Crippen molar-refractivity contribution >= 4 is 5.69 Å². The van der Waals surface area contributed by atoms with Crippen LogP contribution in [0, 0.1) is 0 Å². The predicted octanol–water partition coefficient (Wildman–Crippen LogP) is 5.21. The Morgan fingerprint density at radius 2 is 1.68 bits per heavy atom. The second-order valence-electron chi connectivity index (χ2n) is 7.16. The Balaban J connectivity index is 1.50. The van der Waals surface area contributed by atoms with Crippen molar-refractivity contribution in [1.82, 2.24) is 4.90 Å². The van der Waals surface area contributed by atoms with Gasteiger partial charge in [0, 0.05) is 38.4 Å². The highest BCUT2D eigenvalue weighted by molar-refractivity contribution is 5.49. The second-order valence-corrected chi connectivity index (χ2v) is 7.16. The molecule has 3 nitrogen and oxygen atoms in total. The smallest absolute Gasteiger partial charge is 0.416 e. The second kappa shape index (κ2) is 9.32. The summed E-state index contributed by atoms with van der Waals surface area (Å²) < 4.78 is 44.4. The minimum atomic E-state index is -4.30. The topological polar surface area (TPSA) is 15.7 Å². The lowest BCUT2D eigenvalue weighted by molar-refractivity contribution is -0.137. The molecule has 0 bridgehead atoms. The fourth-order valence-corrected chi connectivity index (χ4v) is 3.33. The van der Waals surface area contributed by atoms with Crippen LogP contribution in [0.5, 0.6) is 5.75 Å². The Bertz CT molecular complexity index is 738. The first kappa shape index (κ1) is 20.5. The first-order valence-corrected chi connectivity index (χ1v) is 9.82. The minimum Gasteiger partial charge on any atom is -0.494 e. The van der Waals surface area contributed by atoms with Crippen molar-refractivity contribution in [3.63, 3.8) is 0 Å².